The smallest absolute Gasteiger partial charge is 0.242 e. The molecule has 1 saturated carbocycles. The van der Waals surface area contributed by atoms with E-state index in [1.165, 1.54) is 6.07 Å². The standard InChI is InChI=1S/C13H18Cl2N2O3S/c1-9-2-4-13(8-18,5-3-9)17-21(19,20)10-6-11(14)12(15)16-7-10/h6-7,9,17-18H,2-5,8H2,1H3. The number of rotatable bonds is 4. The average Bonchev–Trinajstić information content (AvgIpc) is 2.44. The molecule has 1 heterocycles. The minimum atomic E-state index is -3.80. The predicted octanol–water partition coefficient (Wildman–Crippen LogP) is 2.61. The molecule has 5 nitrogen and oxygen atoms in total. The van der Waals surface area contributed by atoms with Crippen molar-refractivity contribution in [1.29, 1.82) is 0 Å². The molecule has 2 rings (SSSR count). The van der Waals surface area contributed by atoms with Crippen molar-refractivity contribution in [3.63, 3.8) is 0 Å². The van der Waals surface area contributed by atoms with E-state index < -0.39 is 15.6 Å². The van der Waals surface area contributed by atoms with Crippen LogP contribution >= 0.6 is 23.2 Å². The van der Waals surface area contributed by atoms with Crippen LogP contribution in [0.1, 0.15) is 32.6 Å². The Morgan fingerprint density at radius 1 is 1.43 bits per heavy atom. The monoisotopic (exact) mass is 352 g/mol. The normalized spacial score (nSPS) is 26.8. The van der Waals surface area contributed by atoms with Gasteiger partial charge >= 0.3 is 0 Å². The highest BCUT2D eigenvalue weighted by Gasteiger charge is 2.37. The fourth-order valence-corrected chi connectivity index (χ4v) is 4.26. The van der Waals surface area contributed by atoms with Crippen LogP contribution in [0.4, 0.5) is 0 Å². The molecule has 0 radical (unpaired) electrons. The number of nitrogens with one attached hydrogen (secondary N) is 1. The van der Waals surface area contributed by atoms with Gasteiger partial charge in [-0.2, -0.15) is 0 Å². The summed E-state index contributed by atoms with van der Waals surface area (Å²) in [7, 11) is -3.80. The Morgan fingerprint density at radius 2 is 2.05 bits per heavy atom. The summed E-state index contributed by atoms with van der Waals surface area (Å²) in [6.07, 6.45) is 4.13. The van der Waals surface area contributed by atoms with Gasteiger partial charge in [-0.25, -0.2) is 18.1 Å². The van der Waals surface area contributed by atoms with E-state index in [4.69, 9.17) is 23.2 Å². The second kappa shape index (κ2) is 6.38. The second-order valence-corrected chi connectivity index (χ2v) is 8.12. The van der Waals surface area contributed by atoms with Crippen LogP contribution in [-0.4, -0.2) is 30.7 Å². The zero-order valence-electron chi connectivity index (χ0n) is 11.6. The predicted molar refractivity (Wildman–Crippen MR) is 82.0 cm³/mol. The Kier molecular flexibility index (Phi) is 5.15. The third-order valence-corrected chi connectivity index (χ3v) is 6.20. The molecule has 0 spiro atoms. The van der Waals surface area contributed by atoms with Crippen LogP contribution in [-0.2, 0) is 10.0 Å². The van der Waals surface area contributed by atoms with Crippen molar-refractivity contribution in [3.05, 3.63) is 22.4 Å². The molecule has 0 bridgehead atoms. The van der Waals surface area contributed by atoms with Gasteiger partial charge in [-0.15, -0.1) is 0 Å². The van der Waals surface area contributed by atoms with Crippen LogP contribution in [0.2, 0.25) is 10.2 Å². The third kappa shape index (κ3) is 3.87. The van der Waals surface area contributed by atoms with Crippen molar-refractivity contribution in [2.45, 2.75) is 43.0 Å². The van der Waals surface area contributed by atoms with Crippen molar-refractivity contribution in [3.8, 4) is 0 Å². The molecule has 0 unspecified atom stereocenters. The highest BCUT2D eigenvalue weighted by atomic mass is 35.5. The van der Waals surface area contributed by atoms with E-state index in [1.54, 1.807) is 0 Å². The van der Waals surface area contributed by atoms with Crippen LogP contribution in [0.3, 0.4) is 0 Å². The van der Waals surface area contributed by atoms with Crippen LogP contribution in [0.5, 0.6) is 0 Å². The largest absolute Gasteiger partial charge is 0.394 e. The minimum absolute atomic E-state index is 0.0525. The maximum absolute atomic E-state index is 12.4. The number of aliphatic hydroxyl groups is 1. The van der Waals surface area contributed by atoms with E-state index in [-0.39, 0.29) is 21.7 Å². The topological polar surface area (TPSA) is 79.3 Å². The molecule has 1 aromatic rings. The van der Waals surface area contributed by atoms with Crippen molar-refractivity contribution in [1.82, 2.24) is 9.71 Å². The molecule has 0 amide bonds. The molecular weight excluding hydrogens is 335 g/mol. The summed E-state index contributed by atoms with van der Waals surface area (Å²) in [4.78, 5) is 3.70. The fourth-order valence-electron chi connectivity index (χ4n) is 2.50. The number of hydrogen-bond donors (Lipinski definition) is 2. The van der Waals surface area contributed by atoms with Gasteiger partial charge in [0, 0.05) is 6.20 Å². The van der Waals surface area contributed by atoms with Crippen molar-refractivity contribution in [2.24, 2.45) is 5.92 Å². The first-order valence-electron chi connectivity index (χ1n) is 6.74. The first-order chi connectivity index (χ1) is 9.78. The molecular formula is C13H18Cl2N2O3S. The van der Waals surface area contributed by atoms with Gasteiger partial charge in [0.2, 0.25) is 10.0 Å². The molecule has 2 N–H and O–H groups in total. The number of halogens is 2. The Balaban J connectivity index is 2.25. The summed E-state index contributed by atoms with van der Waals surface area (Å²) in [5, 5.41) is 9.78. The Morgan fingerprint density at radius 3 is 2.57 bits per heavy atom. The summed E-state index contributed by atoms with van der Waals surface area (Å²) in [5.74, 6) is 0.542. The Hall–Kier alpha value is -0.400. The Bertz CT molecular complexity index is 614. The third-order valence-electron chi connectivity index (χ3n) is 3.97. The van der Waals surface area contributed by atoms with Gasteiger partial charge in [0.1, 0.15) is 10.0 Å². The lowest BCUT2D eigenvalue weighted by molar-refractivity contribution is 0.125. The molecule has 0 aromatic carbocycles. The molecule has 21 heavy (non-hydrogen) atoms. The zero-order valence-corrected chi connectivity index (χ0v) is 14.0. The molecule has 0 saturated heterocycles. The van der Waals surface area contributed by atoms with E-state index in [2.05, 4.69) is 16.6 Å². The van der Waals surface area contributed by atoms with Crippen molar-refractivity contribution in [2.75, 3.05) is 6.61 Å². The number of sulfonamides is 1. The molecule has 1 aliphatic carbocycles. The molecule has 0 atom stereocenters. The summed E-state index contributed by atoms with van der Waals surface area (Å²) in [6.45, 7) is 1.90. The van der Waals surface area contributed by atoms with Crippen molar-refractivity contribution < 1.29 is 13.5 Å². The average molecular weight is 353 g/mol. The fraction of sp³-hybridized carbons (Fsp3) is 0.615. The van der Waals surface area contributed by atoms with Gasteiger partial charge in [0.15, 0.2) is 0 Å². The molecule has 1 aromatic heterocycles. The highest BCUT2D eigenvalue weighted by Crippen LogP contribution is 2.33. The number of aliphatic hydroxyl groups excluding tert-OH is 1. The van der Waals surface area contributed by atoms with Crippen LogP contribution < -0.4 is 4.72 Å². The number of nitrogens with zero attached hydrogens (tertiary/aromatic N) is 1. The van der Waals surface area contributed by atoms with E-state index in [0.29, 0.717) is 18.8 Å². The maximum atomic E-state index is 12.4. The van der Waals surface area contributed by atoms with E-state index >= 15 is 0 Å². The zero-order chi connectivity index (χ0) is 15.7. The van der Waals surface area contributed by atoms with Crippen LogP contribution in [0.15, 0.2) is 17.2 Å². The molecule has 1 fully saturated rings. The number of aromatic nitrogens is 1. The Labute approximate surface area is 134 Å². The van der Waals surface area contributed by atoms with Gasteiger partial charge in [-0.3, -0.25) is 0 Å². The lowest BCUT2D eigenvalue weighted by Gasteiger charge is -2.38. The quantitative estimate of drug-likeness (QED) is 0.816. The summed E-state index contributed by atoms with van der Waals surface area (Å²) in [5.41, 5.74) is -0.808. The van der Waals surface area contributed by atoms with Crippen LogP contribution in [0.25, 0.3) is 0 Å². The lowest BCUT2D eigenvalue weighted by atomic mass is 9.78. The molecule has 1 aliphatic rings. The lowest BCUT2D eigenvalue weighted by Crippen LogP contribution is -2.53. The maximum Gasteiger partial charge on any atom is 0.242 e. The highest BCUT2D eigenvalue weighted by molar-refractivity contribution is 7.89. The second-order valence-electron chi connectivity index (χ2n) is 5.67. The van der Waals surface area contributed by atoms with Gasteiger partial charge in [-0.1, -0.05) is 30.1 Å². The van der Waals surface area contributed by atoms with Gasteiger partial charge in [0.05, 0.1) is 17.2 Å². The van der Waals surface area contributed by atoms with E-state index in [1.807, 2.05) is 0 Å². The van der Waals surface area contributed by atoms with Crippen LogP contribution in [0, 0.1) is 5.92 Å². The van der Waals surface area contributed by atoms with Gasteiger partial charge in [-0.05, 0) is 37.7 Å². The molecule has 118 valence electrons. The first kappa shape index (κ1) is 17.0. The van der Waals surface area contributed by atoms with E-state index in [9.17, 15) is 13.5 Å². The van der Waals surface area contributed by atoms with E-state index in [0.717, 1.165) is 19.0 Å². The van der Waals surface area contributed by atoms with Crippen molar-refractivity contribution >= 4 is 33.2 Å². The minimum Gasteiger partial charge on any atom is -0.394 e. The number of pyridine rings is 1. The molecule has 8 heteroatoms. The molecule has 0 aliphatic heterocycles. The van der Waals surface area contributed by atoms with Gasteiger partial charge < -0.3 is 5.11 Å². The summed E-state index contributed by atoms with van der Waals surface area (Å²) < 4.78 is 27.5. The first-order valence-corrected chi connectivity index (χ1v) is 8.98. The number of hydrogen-bond acceptors (Lipinski definition) is 4. The SMILES string of the molecule is CC1CCC(CO)(NS(=O)(=O)c2cnc(Cl)c(Cl)c2)CC1. The van der Waals surface area contributed by atoms with Gasteiger partial charge in [0.25, 0.3) is 0 Å². The summed E-state index contributed by atoms with van der Waals surface area (Å²) >= 11 is 11.5. The summed E-state index contributed by atoms with van der Waals surface area (Å²) in [6, 6.07) is 1.26.